The van der Waals surface area contributed by atoms with E-state index in [9.17, 15) is 65.4 Å². The fraction of sp³-hybridized carbons (Fsp3) is 0.333. The van der Waals surface area contributed by atoms with E-state index in [1.807, 2.05) is 0 Å². The molecule has 0 radical (unpaired) electrons. The molecule has 0 spiro atoms. The molecule has 3 heterocycles. The number of phenolic OH excluding ortho intramolecular Hbond substituents is 3. The highest BCUT2D eigenvalue weighted by Gasteiger charge is 2.48. The minimum atomic E-state index is -2.03. The zero-order chi connectivity index (χ0) is 42.5. The summed E-state index contributed by atoms with van der Waals surface area (Å²) in [5.41, 5.74) is 0.720. The van der Waals surface area contributed by atoms with Crippen molar-refractivity contribution in [3.8, 4) is 40.1 Å². The average molecular weight is 827 g/mol. The van der Waals surface area contributed by atoms with Crippen molar-refractivity contribution in [2.24, 2.45) is 5.92 Å². The maximum atomic E-state index is 12.5. The van der Waals surface area contributed by atoms with E-state index in [0.717, 1.165) is 18.2 Å². The third kappa shape index (κ3) is 10.1. The average Bonchev–Trinajstić information content (AvgIpc) is 3.19. The lowest BCUT2D eigenvalue weighted by molar-refractivity contribution is -0.313. The van der Waals surface area contributed by atoms with Crippen LogP contribution >= 0.6 is 0 Å². The zero-order valence-electron chi connectivity index (χ0n) is 30.4. The molecule has 2 fully saturated rings. The lowest BCUT2D eigenvalue weighted by Crippen LogP contribution is -2.60. The smallest absolute Gasteiger partial charge is 0.402 e. The normalized spacial score (nSPS) is 26.9. The van der Waals surface area contributed by atoms with E-state index >= 15 is 0 Å². The van der Waals surface area contributed by atoms with Crippen LogP contribution in [0.2, 0.25) is 0 Å². The lowest BCUT2D eigenvalue weighted by Gasteiger charge is -2.40. The predicted molar refractivity (Wildman–Crippen MR) is 192 cm³/mol. The van der Waals surface area contributed by atoms with Crippen LogP contribution in [-0.2, 0) is 33.3 Å². The standard InChI is InChI=1S/C39H38O20/c40-19-6-1-17(2-7-19)3-10-29(45)54-16-27-32(48)33(49)35(51)39(58-27)57-26-13-22-24(55-36(26)18-4-8-20(41)9-5-18)11-21(42)12-25(22)56-38-23(15-53-30(46)14-28(43)44)31(47)34(50)37(52)59-38/h1-13,23,27,31-35,37-39,47-52H,14-16H2,(H3-,40,41,42,43,44,45)/t23-,27-,31-,32-,33+,34+,35-,37+,38+,39-/m0/s1. The summed E-state index contributed by atoms with van der Waals surface area (Å²) in [6.45, 7) is -1.40. The van der Waals surface area contributed by atoms with Crippen LogP contribution in [-0.4, -0.2) is 133 Å². The van der Waals surface area contributed by atoms with Crippen molar-refractivity contribution < 1.29 is 98.3 Å². The number of rotatable bonds is 13. The summed E-state index contributed by atoms with van der Waals surface area (Å²) in [4.78, 5) is 35.3. The molecule has 314 valence electrons. The number of aliphatic hydroxyl groups excluding tert-OH is 6. The number of hydrogen-bond acceptors (Lipinski definition) is 19. The van der Waals surface area contributed by atoms with Crippen molar-refractivity contribution in [2.75, 3.05) is 13.2 Å². The number of ether oxygens (including phenoxy) is 6. The van der Waals surface area contributed by atoms with E-state index in [-0.39, 0.29) is 45.3 Å². The Morgan fingerprint density at radius 2 is 1.36 bits per heavy atom. The molecule has 0 aliphatic carbocycles. The van der Waals surface area contributed by atoms with Gasteiger partial charge in [0.2, 0.25) is 18.3 Å². The van der Waals surface area contributed by atoms with Gasteiger partial charge in [0, 0.05) is 18.2 Å². The van der Waals surface area contributed by atoms with E-state index in [2.05, 4.69) is 0 Å². The molecule has 2 saturated heterocycles. The van der Waals surface area contributed by atoms with Crippen molar-refractivity contribution >= 4 is 35.0 Å². The SMILES string of the molecule is O=C([O-])CC(=O)OC[C@@H]1[C@H](Oc2cc(O)cc3[o+]c(-c4ccc(O)cc4)c(O[C@H]4O[C@@H](COC(=O)/C=C/c5ccc(O)cc5)[C@H](O)[C@@H](O)[C@@H]4O)cc23)O[C@@H](O)[C@H](O)[C@H]1O. The molecule has 0 bridgehead atoms. The number of phenols is 3. The molecule has 2 aliphatic rings. The molecule has 9 N–H and O–H groups in total. The number of carbonyl (C=O) groups excluding carboxylic acids is 3. The quantitative estimate of drug-likeness (QED) is 0.0338. The molecule has 0 unspecified atom stereocenters. The maximum Gasteiger partial charge on any atom is 0.402 e. The Labute approximate surface area is 332 Å². The van der Waals surface area contributed by atoms with Crippen LogP contribution in [0, 0.1) is 5.92 Å². The van der Waals surface area contributed by atoms with Crippen LogP contribution < -0.4 is 14.6 Å². The highest BCUT2D eigenvalue weighted by molar-refractivity contribution is 5.90. The summed E-state index contributed by atoms with van der Waals surface area (Å²) >= 11 is 0. The van der Waals surface area contributed by atoms with Crippen LogP contribution in [0.1, 0.15) is 12.0 Å². The monoisotopic (exact) mass is 826 g/mol. The van der Waals surface area contributed by atoms with Crippen molar-refractivity contribution in [3.05, 3.63) is 78.4 Å². The van der Waals surface area contributed by atoms with Crippen molar-refractivity contribution in [3.63, 3.8) is 0 Å². The highest BCUT2D eigenvalue weighted by Crippen LogP contribution is 2.42. The number of carbonyl (C=O) groups is 3. The van der Waals surface area contributed by atoms with Gasteiger partial charge in [-0.1, -0.05) is 12.1 Å². The molecule has 4 aromatic rings. The van der Waals surface area contributed by atoms with Gasteiger partial charge >= 0.3 is 23.3 Å². The second-order valence-electron chi connectivity index (χ2n) is 13.4. The molecule has 10 atom stereocenters. The number of carboxylic acid groups (broad SMARTS) is 1. The Hall–Kier alpha value is -6.10. The van der Waals surface area contributed by atoms with Gasteiger partial charge in [0.05, 0.1) is 36.0 Å². The summed E-state index contributed by atoms with van der Waals surface area (Å²) < 4.78 is 39.4. The maximum absolute atomic E-state index is 12.5. The summed E-state index contributed by atoms with van der Waals surface area (Å²) in [5, 5.41) is 105. The van der Waals surface area contributed by atoms with Crippen molar-refractivity contribution in [1.29, 1.82) is 0 Å². The molecule has 20 nitrogen and oxygen atoms in total. The number of benzene rings is 3. The van der Waals surface area contributed by atoms with Crippen LogP contribution in [0.25, 0.3) is 28.4 Å². The molecule has 1 aromatic heterocycles. The first-order chi connectivity index (χ1) is 28.1. The van der Waals surface area contributed by atoms with Gasteiger partial charge in [-0.05, 0) is 48.0 Å². The van der Waals surface area contributed by atoms with Crippen LogP contribution in [0.15, 0.2) is 77.2 Å². The van der Waals surface area contributed by atoms with Crippen LogP contribution in [0.5, 0.6) is 28.7 Å². The second-order valence-corrected chi connectivity index (χ2v) is 13.4. The number of aliphatic hydroxyl groups is 6. The largest absolute Gasteiger partial charge is 0.550 e. The molecular weight excluding hydrogens is 788 g/mol. The Kier molecular flexibility index (Phi) is 13.1. The Morgan fingerprint density at radius 1 is 0.695 bits per heavy atom. The topological polar surface area (TPSA) is 323 Å². The Morgan fingerprint density at radius 3 is 2.03 bits per heavy atom. The van der Waals surface area contributed by atoms with Gasteiger partial charge in [-0.15, -0.1) is 0 Å². The first kappa shape index (κ1) is 42.5. The minimum absolute atomic E-state index is 0.0217. The molecule has 2 aliphatic heterocycles. The summed E-state index contributed by atoms with van der Waals surface area (Å²) in [7, 11) is 0. The molecule has 0 saturated carbocycles. The van der Waals surface area contributed by atoms with Gasteiger partial charge in [0.1, 0.15) is 72.1 Å². The van der Waals surface area contributed by atoms with Crippen LogP contribution in [0.3, 0.4) is 0 Å². The molecule has 3 aromatic carbocycles. The Bertz CT molecular complexity index is 2160. The number of carboxylic acids is 1. The van der Waals surface area contributed by atoms with Gasteiger partial charge in [-0.3, -0.25) is 4.79 Å². The third-order valence-corrected chi connectivity index (χ3v) is 9.21. The zero-order valence-corrected chi connectivity index (χ0v) is 30.4. The molecule has 0 amide bonds. The summed E-state index contributed by atoms with van der Waals surface area (Å²) in [5.74, 6) is -6.51. The summed E-state index contributed by atoms with van der Waals surface area (Å²) in [6, 6.07) is 14.9. The first-order valence-electron chi connectivity index (χ1n) is 17.7. The highest BCUT2D eigenvalue weighted by atomic mass is 16.7. The Balaban J connectivity index is 1.30. The van der Waals surface area contributed by atoms with Crippen LogP contribution in [0.4, 0.5) is 0 Å². The number of aromatic hydroxyl groups is 3. The third-order valence-electron chi connectivity index (χ3n) is 9.21. The minimum Gasteiger partial charge on any atom is -0.550 e. The lowest BCUT2D eigenvalue weighted by atomic mass is 9.94. The van der Waals surface area contributed by atoms with E-state index < -0.39 is 105 Å². The van der Waals surface area contributed by atoms with Gasteiger partial charge < -0.3 is 84.3 Å². The fourth-order valence-corrected chi connectivity index (χ4v) is 6.09. The first-order valence-corrected chi connectivity index (χ1v) is 17.7. The van der Waals surface area contributed by atoms with Gasteiger partial charge in [0.25, 0.3) is 0 Å². The summed E-state index contributed by atoms with van der Waals surface area (Å²) in [6.07, 6.45) is -15.0. The van der Waals surface area contributed by atoms with Crippen molar-refractivity contribution in [1.82, 2.24) is 0 Å². The molecule has 59 heavy (non-hydrogen) atoms. The predicted octanol–water partition coefficient (Wildman–Crippen LogP) is -0.985. The molecular formula is C39H38O20. The van der Waals surface area contributed by atoms with Gasteiger partial charge in [0.15, 0.2) is 6.29 Å². The second kappa shape index (κ2) is 18.2. The number of fused-ring (bicyclic) bond motifs is 1. The number of aliphatic carboxylic acids is 1. The van der Waals surface area contributed by atoms with E-state index in [1.165, 1.54) is 48.5 Å². The number of hydrogen-bond donors (Lipinski definition) is 9. The number of esters is 2. The van der Waals surface area contributed by atoms with Gasteiger partial charge in [-0.2, -0.15) is 0 Å². The van der Waals surface area contributed by atoms with E-state index in [1.54, 1.807) is 12.1 Å². The molecule has 20 heteroatoms. The van der Waals surface area contributed by atoms with E-state index in [4.69, 9.17) is 32.8 Å². The van der Waals surface area contributed by atoms with Gasteiger partial charge in [-0.25, -0.2) is 9.21 Å². The molecule has 6 rings (SSSR count). The van der Waals surface area contributed by atoms with Crippen molar-refractivity contribution in [2.45, 2.75) is 61.9 Å². The van der Waals surface area contributed by atoms with E-state index in [0.29, 0.717) is 5.56 Å². The fourth-order valence-electron chi connectivity index (χ4n) is 6.09.